The molecule has 0 bridgehead atoms. The average Bonchev–Trinajstić information content (AvgIpc) is 3.16. The molecule has 0 unspecified atom stereocenters. The Bertz CT molecular complexity index is 1120. The van der Waals surface area contributed by atoms with Crippen LogP contribution in [0.25, 0.3) is 0 Å². The molecule has 0 atom stereocenters. The summed E-state index contributed by atoms with van der Waals surface area (Å²) < 4.78 is 27.1. The lowest BCUT2D eigenvalue weighted by Gasteiger charge is -2.11. The zero-order valence-corrected chi connectivity index (χ0v) is 17.5. The van der Waals surface area contributed by atoms with E-state index in [1.54, 1.807) is 5.38 Å². The number of thiazole rings is 1. The maximum absolute atomic E-state index is 12.5. The number of nitrogens with one attached hydrogen (secondary N) is 2. The summed E-state index contributed by atoms with van der Waals surface area (Å²) in [5, 5.41) is 4.67. The van der Waals surface area contributed by atoms with Crippen LogP contribution < -0.4 is 10.0 Å². The molecule has 6 nitrogen and oxygen atoms in total. The van der Waals surface area contributed by atoms with Gasteiger partial charge in [0.05, 0.1) is 4.90 Å². The van der Waals surface area contributed by atoms with Crippen molar-refractivity contribution < 1.29 is 13.2 Å². The van der Waals surface area contributed by atoms with Crippen LogP contribution in [0.1, 0.15) is 16.7 Å². The van der Waals surface area contributed by atoms with Crippen molar-refractivity contribution in [3.63, 3.8) is 0 Å². The number of anilines is 2. The summed E-state index contributed by atoms with van der Waals surface area (Å²) in [6.45, 7) is 3.87. The average molecular weight is 432 g/mol. The van der Waals surface area contributed by atoms with Crippen molar-refractivity contribution in [3.05, 3.63) is 70.7 Å². The van der Waals surface area contributed by atoms with E-state index in [4.69, 9.17) is 12.2 Å². The largest absolute Gasteiger partial charge is 0.321 e. The van der Waals surface area contributed by atoms with Gasteiger partial charge in [-0.05, 0) is 49.2 Å². The summed E-state index contributed by atoms with van der Waals surface area (Å²) in [4.78, 5) is 16.6. The quantitative estimate of drug-likeness (QED) is 0.456. The number of aryl methyl sites for hydroxylation is 1. The van der Waals surface area contributed by atoms with Gasteiger partial charge >= 0.3 is 0 Å². The van der Waals surface area contributed by atoms with Crippen LogP contribution in [-0.2, 0) is 14.8 Å². The number of nitrogens with zero attached hydrogens (tertiary/aromatic N) is 1. The summed E-state index contributed by atoms with van der Waals surface area (Å²) >= 11 is 6.50. The molecule has 0 aliphatic heterocycles. The maximum Gasteiger partial charge on any atom is 0.267 e. The molecule has 9 heteroatoms. The lowest BCUT2D eigenvalue weighted by Crippen LogP contribution is -2.23. The summed E-state index contributed by atoms with van der Waals surface area (Å²) in [6, 6.07) is 11.5. The first-order valence-electron chi connectivity index (χ1n) is 8.22. The number of amides is 1. The Kier molecular flexibility index (Phi) is 5.87. The number of carbonyl (C=O) groups excluding carboxylic acids is 1. The first-order chi connectivity index (χ1) is 13.3. The molecule has 28 heavy (non-hydrogen) atoms. The monoisotopic (exact) mass is 431 g/mol. The molecular formula is C19H17N3O3S3. The van der Waals surface area contributed by atoms with Gasteiger partial charge in [0, 0.05) is 22.8 Å². The van der Waals surface area contributed by atoms with Gasteiger partial charge in [0.25, 0.3) is 15.9 Å². The molecule has 144 valence electrons. The molecule has 1 heterocycles. The van der Waals surface area contributed by atoms with Crippen LogP contribution in [-0.4, -0.2) is 24.2 Å². The van der Waals surface area contributed by atoms with E-state index >= 15 is 0 Å². The summed E-state index contributed by atoms with van der Waals surface area (Å²) in [7, 11) is -3.74. The Morgan fingerprint density at radius 1 is 1.11 bits per heavy atom. The van der Waals surface area contributed by atoms with Crippen LogP contribution in [0, 0.1) is 13.8 Å². The van der Waals surface area contributed by atoms with E-state index in [0.717, 1.165) is 11.1 Å². The van der Waals surface area contributed by atoms with Gasteiger partial charge in [0.2, 0.25) is 0 Å². The second-order valence-electron chi connectivity index (χ2n) is 6.00. The Hall–Kier alpha value is -2.62. The standard InChI is InChI=1S/C19H17N3O3S3/c1-12-4-3-5-16(13(12)2)17(26)18(23)21-14-6-8-15(9-7-14)28(24,25)22-19-20-10-11-27-19/h3-11H,1-2H3,(H,20,22)(H,21,23). The fraction of sp³-hybridized carbons (Fsp3) is 0.105. The molecule has 0 spiro atoms. The molecular weight excluding hydrogens is 414 g/mol. The number of hydrogen-bond acceptors (Lipinski definition) is 6. The molecule has 1 amide bonds. The number of carbonyl (C=O) groups is 1. The third-order valence-electron chi connectivity index (χ3n) is 4.13. The molecule has 3 aromatic rings. The van der Waals surface area contributed by atoms with Crippen molar-refractivity contribution in [2.75, 3.05) is 10.0 Å². The van der Waals surface area contributed by atoms with Crippen LogP contribution in [0.15, 0.2) is 58.9 Å². The normalized spacial score (nSPS) is 11.1. The van der Waals surface area contributed by atoms with Gasteiger partial charge in [-0.3, -0.25) is 9.52 Å². The lowest BCUT2D eigenvalue weighted by molar-refractivity contribution is -0.110. The van der Waals surface area contributed by atoms with Gasteiger partial charge in [-0.2, -0.15) is 0 Å². The van der Waals surface area contributed by atoms with Crippen LogP contribution in [0.4, 0.5) is 10.8 Å². The van der Waals surface area contributed by atoms with Gasteiger partial charge in [-0.15, -0.1) is 11.3 Å². The van der Waals surface area contributed by atoms with Crippen molar-refractivity contribution in [1.82, 2.24) is 4.98 Å². The summed E-state index contributed by atoms with van der Waals surface area (Å²) in [5.74, 6) is -0.416. The molecule has 2 N–H and O–H groups in total. The van der Waals surface area contributed by atoms with E-state index < -0.39 is 15.9 Å². The highest BCUT2D eigenvalue weighted by molar-refractivity contribution is 7.93. The van der Waals surface area contributed by atoms with Crippen LogP contribution in [0.5, 0.6) is 0 Å². The third kappa shape index (κ3) is 4.44. The van der Waals surface area contributed by atoms with E-state index in [0.29, 0.717) is 11.3 Å². The SMILES string of the molecule is Cc1cccc(C(=S)C(=O)Nc2ccc(S(=O)(=O)Nc3nccs3)cc2)c1C. The van der Waals surface area contributed by atoms with Crippen LogP contribution >= 0.6 is 23.6 Å². The second-order valence-corrected chi connectivity index (χ2v) is 8.98. The minimum absolute atomic E-state index is 0.0674. The zero-order chi connectivity index (χ0) is 20.3. The Morgan fingerprint density at radius 2 is 1.82 bits per heavy atom. The Balaban J connectivity index is 1.72. The van der Waals surface area contributed by atoms with E-state index in [1.165, 1.54) is 41.8 Å². The lowest BCUT2D eigenvalue weighted by atomic mass is 10.0. The molecule has 0 radical (unpaired) electrons. The van der Waals surface area contributed by atoms with E-state index in [1.807, 2.05) is 32.0 Å². The predicted molar refractivity (Wildman–Crippen MR) is 116 cm³/mol. The first-order valence-corrected chi connectivity index (χ1v) is 11.0. The first kappa shape index (κ1) is 20.1. The van der Waals surface area contributed by atoms with Crippen molar-refractivity contribution in [2.24, 2.45) is 0 Å². The van der Waals surface area contributed by atoms with Gasteiger partial charge < -0.3 is 5.32 Å². The number of thiocarbonyl (C=S) groups is 1. The van der Waals surface area contributed by atoms with Crippen LogP contribution in [0.3, 0.4) is 0 Å². The minimum atomic E-state index is -3.74. The Labute approximate surface area is 172 Å². The van der Waals surface area contributed by atoms with E-state index in [-0.39, 0.29) is 14.9 Å². The number of rotatable bonds is 6. The summed E-state index contributed by atoms with van der Waals surface area (Å²) in [5.41, 5.74) is 3.16. The fourth-order valence-corrected chi connectivity index (χ4v) is 4.53. The van der Waals surface area contributed by atoms with Gasteiger partial charge in [0.1, 0.15) is 4.86 Å². The maximum atomic E-state index is 12.5. The molecule has 2 aromatic carbocycles. The molecule has 3 rings (SSSR count). The third-order valence-corrected chi connectivity index (χ3v) is 6.71. The van der Waals surface area contributed by atoms with E-state index in [2.05, 4.69) is 15.0 Å². The molecule has 0 aliphatic rings. The molecule has 0 aliphatic carbocycles. The van der Waals surface area contributed by atoms with Crippen molar-refractivity contribution in [1.29, 1.82) is 0 Å². The van der Waals surface area contributed by atoms with Crippen molar-refractivity contribution >= 4 is 55.2 Å². The number of hydrogen-bond donors (Lipinski definition) is 2. The van der Waals surface area contributed by atoms with Crippen molar-refractivity contribution in [2.45, 2.75) is 18.7 Å². The second kappa shape index (κ2) is 8.17. The van der Waals surface area contributed by atoms with Gasteiger partial charge in [0.15, 0.2) is 5.13 Å². The minimum Gasteiger partial charge on any atom is -0.321 e. The molecule has 0 saturated heterocycles. The smallest absolute Gasteiger partial charge is 0.267 e. The van der Waals surface area contributed by atoms with E-state index in [9.17, 15) is 13.2 Å². The molecule has 0 fully saturated rings. The topological polar surface area (TPSA) is 88.2 Å². The zero-order valence-electron chi connectivity index (χ0n) is 15.1. The number of sulfonamides is 1. The van der Waals surface area contributed by atoms with Gasteiger partial charge in [-0.1, -0.05) is 30.4 Å². The van der Waals surface area contributed by atoms with Crippen molar-refractivity contribution in [3.8, 4) is 0 Å². The van der Waals surface area contributed by atoms with Crippen LogP contribution in [0.2, 0.25) is 0 Å². The Morgan fingerprint density at radius 3 is 2.46 bits per heavy atom. The summed E-state index contributed by atoms with van der Waals surface area (Å²) in [6.07, 6.45) is 1.51. The highest BCUT2D eigenvalue weighted by atomic mass is 32.2. The predicted octanol–water partition coefficient (Wildman–Crippen LogP) is 3.92. The fourth-order valence-electron chi connectivity index (χ4n) is 2.47. The molecule has 1 aromatic heterocycles. The molecule has 0 saturated carbocycles. The number of aromatic nitrogens is 1. The van der Waals surface area contributed by atoms with Gasteiger partial charge in [-0.25, -0.2) is 13.4 Å². The number of benzene rings is 2. The highest BCUT2D eigenvalue weighted by Crippen LogP contribution is 2.20. The highest BCUT2D eigenvalue weighted by Gasteiger charge is 2.17.